The van der Waals surface area contributed by atoms with Crippen LogP contribution in [0.1, 0.15) is 72.6 Å². The first-order chi connectivity index (χ1) is 14.7. The number of rotatable bonds is 11. The zero-order valence-corrected chi connectivity index (χ0v) is 20.2. The lowest BCUT2D eigenvalue weighted by atomic mass is 9.66. The number of hydrogen-bond donors (Lipinski definition) is 3. The van der Waals surface area contributed by atoms with Gasteiger partial charge in [-0.25, -0.2) is 0 Å². The minimum absolute atomic E-state index is 0.00713. The van der Waals surface area contributed by atoms with Crippen LogP contribution in [-0.2, 0) is 14.4 Å². The van der Waals surface area contributed by atoms with Crippen molar-refractivity contribution in [3.8, 4) is 0 Å². The summed E-state index contributed by atoms with van der Waals surface area (Å²) >= 11 is 1.72. The van der Waals surface area contributed by atoms with E-state index in [4.69, 9.17) is 5.11 Å². The molecular formula is C23H39N3O4S. The summed E-state index contributed by atoms with van der Waals surface area (Å²) in [7, 11) is 0. The van der Waals surface area contributed by atoms with Crippen molar-refractivity contribution in [2.75, 3.05) is 19.7 Å². The number of nitrogens with zero attached hydrogens (tertiary/aromatic N) is 1. The number of nitrogens with one attached hydrogen (secondary N) is 2. The van der Waals surface area contributed by atoms with Crippen molar-refractivity contribution in [1.82, 2.24) is 15.5 Å². The van der Waals surface area contributed by atoms with Crippen LogP contribution in [0.5, 0.6) is 0 Å². The van der Waals surface area contributed by atoms with Crippen LogP contribution in [0, 0.1) is 11.8 Å². The van der Waals surface area contributed by atoms with Crippen molar-refractivity contribution >= 4 is 29.5 Å². The lowest BCUT2D eigenvalue weighted by molar-refractivity contribution is -0.140. The highest BCUT2D eigenvalue weighted by Crippen LogP contribution is 2.71. The molecule has 3 aliphatic rings. The molecule has 7 nitrogen and oxygen atoms in total. The molecular weight excluding hydrogens is 414 g/mol. The first-order valence-electron chi connectivity index (χ1n) is 11.9. The molecule has 3 amide bonds. The second kappa shape index (κ2) is 9.69. The van der Waals surface area contributed by atoms with E-state index in [-0.39, 0.29) is 41.0 Å². The molecule has 176 valence electrons. The van der Waals surface area contributed by atoms with E-state index in [1.807, 2.05) is 20.8 Å². The van der Waals surface area contributed by atoms with Gasteiger partial charge in [0.05, 0.1) is 16.6 Å². The molecule has 2 unspecified atom stereocenters. The van der Waals surface area contributed by atoms with Crippen molar-refractivity contribution in [2.24, 2.45) is 11.8 Å². The molecule has 3 rings (SSSR count). The molecule has 5 atom stereocenters. The maximum Gasteiger partial charge on any atom is 0.244 e. The number of aliphatic hydroxyl groups excluding tert-OH is 1. The Balaban J connectivity index is 1.89. The van der Waals surface area contributed by atoms with Crippen molar-refractivity contribution in [1.29, 1.82) is 0 Å². The largest absolute Gasteiger partial charge is 0.396 e. The number of hydrogen-bond acceptors (Lipinski definition) is 5. The van der Waals surface area contributed by atoms with Gasteiger partial charge in [0.25, 0.3) is 0 Å². The van der Waals surface area contributed by atoms with E-state index in [1.54, 1.807) is 16.7 Å². The van der Waals surface area contributed by atoms with Gasteiger partial charge in [0.1, 0.15) is 6.04 Å². The lowest BCUT2D eigenvalue weighted by Crippen LogP contribution is -2.55. The van der Waals surface area contributed by atoms with Crippen molar-refractivity contribution < 1.29 is 19.5 Å². The topological polar surface area (TPSA) is 98.7 Å². The number of fused-ring (bicyclic) bond motifs is 1. The number of likely N-dealkylation sites (tertiary alicyclic amines) is 1. The molecule has 0 saturated carbocycles. The van der Waals surface area contributed by atoms with Crippen LogP contribution in [0.4, 0.5) is 0 Å². The van der Waals surface area contributed by atoms with E-state index in [0.717, 1.165) is 44.9 Å². The van der Waals surface area contributed by atoms with Gasteiger partial charge in [0.2, 0.25) is 17.7 Å². The summed E-state index contributed by atoms with van der Waals surface area (Å²) in [6.07, 6.45) is 5.86. The van der Waals surface area contributed by atoms with Crippen LogP contribution in [-0.4, -0.2) is 69.0 Å². The second-order valence-corrected chi connectivity index (χ2v) is 11.7. The number of thioether (sulfide) groups is 1. The quantitative estimate of drug-likeness (QED) is 0.416. The van der Waals surface area contributed by atoms with Gasteiger partial charge in [-0.2, -0.15) is 0 Å². The monoisotopic (exact) mass is 453 g/mol. The summed E-state index contributed by atoms with van der Waals surface area (Å²) in [5.41, 5.74) is 0. The molecule has 0 aromatic carbocycles. The summed E-state index contributed by atoms with van der Waals surface area (Å²) in [5.74, 6) is -0.983. The molecule has 3 fully saturated rings. The molecule has 31 heavy (non-hydrogen) atoms. The first-order valence-corrected chi connectivity index (χ1v) is 12.7. The van der Waals surface area contributed by atoms with Crippen LogP contribution in [0.3, 0.4) is 0 Å². The SMILES string of the molecule is CCCNC(=O)[C@H]1[C@H]2C(=O)N(CCCCCCO)C(C(=O)NC(C)C)C23CC[C@]1(C)S3. The lowest BCUT2D eigenvalue weighted by Gasteiger charge is -2.35. The summed E-state index contributed by atoms with van der Waals surface area (Å²) in [5, 5.41) is 15.1. The molecule has 8 heteroatoms. The zero-order valence-electron chi connectivity index (χ0n) is 19.4. The van der Waals surface area contributed by atoms with E-state index < -0.39 is 16.7 Å². The second-order valence-electron chi connectivity index (χ2n) is 9.85. The van der Waals surface area contributed by atoms with Gasteiger partial charge in [-0.15, -0.1) is 11.8 Å². The highest BCUT2D eigenvalue weighted by Gasteiger charge is 2.76. The average Bonchev–Trinajstić information content (AvgIpc) is 3.26. The summed E-state index contributed by atoms with van der Waals surface area (Å²) in [6.45, 7) is 9.30. The molecule has 3 N–H and O–H groups in total. The number of carbonyl (C=O) groups excluding carboxylic acids is 3. The summed E-state index contributed by atoms with van der Waals surface area (Å²) in [6, 6.07) is -0.534. The highest BCUT2D eigenvalue weighted by molar-refractivity contribution is 8.02. The molecule has 1 spiro atoms. The van der Waals surface area contributed by atoms with Gasteiger partial charge < -0.3 is 20.6 Å². The zero-order chi connectivity index (χ0) is 22.8. The first kappa shape index (κ1) is 24.4. The van der Waals surface area contributed by atoms with Crippen LogP contribution in [0.15, 0.2) is 0 Å². The molecule has 2 bridgehead atoms. The molecule has 0 aliphatic carbocycles. The van der Waals surface area contributed by atoms with E-state index in [2.05, 4.69) is 17.6 Å². The van der Waals surface area contributed by atoms with Gasteiger partial charge in [-0.05, 0) is 52.9 Å². The minimum atomic E-state index is -0.527. The van der Waals surface area contributed by atoms with Crippen LogP contribution >= 0.6 is 11.8 Å². The van der Waals surface area contributed by atoms with E-state index in [9.17, 15) is 14.4 Å². The number of unbranched alkanes of at least 4 members (excludes halogenated alkanes) is 3. The number of amides is 3. The Morgan fingerprint density at radius 2 is 1.90 bits per heavy atom. The normalized spacial score (nSPS) is 33.8. The Bertz CT molecular complexity index is 702. The predicted molar refractivity (Wildman–Crippen MR) is 123 cm³/mol. The summed E-state index contributed by atoms with van der Waals surface area (Å²) < 4.78 is -0.828. The molecule has 3 heterocycles. The average molecular weight is 454 g/mol. The molecule has 0 radical (unpaired) electrons. The Morgan fingerprint density at radius 3 is 2.55 bits per heavy atom. The van der Waals surface area contributed by atoms with Gasteiger partial charge in [-0.3, -0.25) is 14.4 Å². The Kier molecular flexibility index (Phi) is 7.62. The number of aliphatic hydroxyl groups is 1. The van der Waals surface area contributed by atoms with Crippen molar-refractivity contribution in [2.45, 2.75) is 94.2 Å². The smallest absolute Gasteiger partial charge is 0.244 e. The standard InChI is InChI=1S/C23H39N3O4S/c1-5-12-24-19(28)16-17-21(30)26(13-8-6-7-9-14-27)18(20(29)25-15(2)3)23(17)11-10-22(16,4)31-23/h15-18,27H,5-14H2,1-4H3,(H,24,28)(H,25,29)/t16-,17+,18?,22+,23?/m1/s1. The molecule has 3 saturated heterocycles. The molecule has 0 aromatic heterocycles. The Hall–Kier alpha value is -1.28. The fourth-order valence-corrected chi connectivity index (χ4v) is 8.19. The van der Waals surface area contributed by atoms with Gasteiger partial charge in [0.15, 0.2) is 0 Å². The third-order valence-corrected chi connectivity index (χ3v) is 9.08. The van der Waals surface area contributed by atoms with Gasteiger partial charge in [-0.1, -0.05) is 19.8 Å². The summed E-state index contributed by atoms with van der Waals surface area (Å²) in [4.78, 5) is 42.0. The molecule has 3 aliphatic heterocycles. The fraction of sp³-hybridized carbons (Fsp3) is 0.870. The maximum atomic E-state index is 13.7. The third-order valence-electron chi connectivity index (χ3n) is 7.09. The Labute approximate surface area is 190 Å². The van der Waals surface area contributed by atoms with Crippen LogP contribution in [0.2, 0.25) is 0 Å². The van der Waals surface area contributed by atoms with Gasteiger partial charge >= 0.3 is 0 Å². The maximum absolute atomic E-state index is 13.7. The predicted octanol–water partition coefficient (Wildman–Crippen LogP) is 2.07. The Morgan fingerprint density at radius 1 is 1.19 bits per heavy atom. The van der Waals surface area contributed by atoms with E-state index in [1.165, 1.54) is 0 Å². The van der Waals surface area contributed by atoms with Gasteiger partial charge in [0, 0.05) is 30.5 Å². The number of carbonyl (C=O) groups is 3. The van der Waals surface area contributed by atoms with Crippen LogP contribution in [0.25, 0.3) is 0 Å². The molecule has 0 aromatic rings. The van der Waals surface area contributed by atoms with Crippen molar-refractivity contribution in [3.63, 3.8) is 0 Å². The van der Waals surface area contributed by atoms with E-state index in [0.29, 0.717) is 13.1 Å². The third kappa shape index (κ3) is 4.34. The fourth-order valence-electron chi connectivity index (χ4n) is 5.84. The van der Waals surface area contributed by atoms with Crippen LogP contribution < -0.4 is 10.6 Å². The minimum Gasteiger partial charge on any atom is -0.396 e. The van der Waals surface area contributed by atoms with E-state index >= 15 is 0 Å². The highest BCUT2D eigenvalue weighted by atomic mass is 32.2. The van der Waals surface area contributed by atoms with Crippen molar-refractivity contribution in [3.05, 3.63) is 0 Å².